The summed E-state index contributed by atoms with van der Waals surface area (Å²) in [6.45, 7) is 2.78. The number of amides is 1. The van der Waals surface area contributed by atoms with Crippen LogP contribution in [-0.4, -0.2) is 55.5 Å². The van der Waals surface area contributed by atoms with Crippen LogP contribution in [0.15, 0.2) is 36.0 Å². The Balaban J connectivity index is 1.77. The van der Waals surface area contributed by atoms with E-state index in [1.54, 1.807) is 11.1 Å². The Kier molecular flexibility index (Phi) is 5.40. The standard InChI is InChI=1S/C20H26N4O/c1-22-12-9-18(10-13-22)23(2)15-17(14-21)20(25)24-11-5-7-16-6-3-4-8-19(16)24/h3-4,6,8,15,18H,5,7,9-13H2,1-2H3/b17-15-. The van der Waals surface area contributed by atoms with Gasteiger partial charge < -0.3 is 14.7 Å². The largest absolute Gasteiger partial charge is 0.376 e. The highest BCUT2D eigenvalue weighted by Crippen LogP contribution is 2.28. The highest BCUT2D eigenvalue weighted by atomic mass is 16.2. The number of nitrogens with zero attached hydrogens (tertiary/aromatic N) is 4. The lowest BCUT2D eigenvalue weighted by molar-refractivity contribution is -0.114. The van der Waals surface area contributed by atoms with Crippen molar-refractivity contribution in [2.24, 2.45) is 0 Å². The second-order valence-electron chi connectivity index (χ2n) is 7.04. The third-order valence-corrected chi connectivity index (χ3v) is 5.30. The second-order valence-corrected chi connectivity index (χ2v) is 7.04. The van der Waals surface area contributed by atoms with Gasteiger partial charge in [0.15, 0.2) is 0 Å². The molecule has 2 aliphatic heterocycles. The Hall–Kier alpha value is -2.32. The van der Waals surface area contributed by atoms with Gasteiger partial charge >= 0.3 is 0 Å². The smallest absolute Gasteiger partial charge is 0.270 e. The van der Waals surface area contributed by atoms with Crippen molar-refractivity contribution in [2.45, 2.75) is 31.7 Å². The van der Waals surface area contributed by atoms with Crippen LogP contribution in [0.1, 0.15) is 24.8 Å². The number of carbonyl (C=O) groups excluding carboxylic acids is 1. The maximum absolute atomic E-state index is 13.0. The molecule has 5 heteroatoms. The number of likely N-dealkylation sites (tertiary alicyclic amines) is 1. The third kappa shape index (κ3) is 3.85. The van der Waals surface area contributed by atoms with Crippen molar-refractivity contribution in [3.8, 4) is 6.07 Å². The lowest BCUT2D eigenvalue weighted by Gasteiger charge is -2.35. The zero-order chi connectivity index (χ0) is 17.8. The first kappa shape index (κ1) is 17.5. The molecule has 1 aromatic rings. The number of rotatable bonds is 3. The van der Waals surface area contributed by atoms with Crippen molar-refractivity contribution in [3.05, 3.63) is 41.6 Å². The topological polar surface area (TPSA) is 50.6 Å². The van der Waals surface area contributed by atoms with Crippen molar-refractivity contribution < 1.29 is 4.79 Å². The summed E-state index contributed by atoms with van der Waals surface area (Å²) in [6.07, 6.45) is 5.79. The van der Waals surface area contributed by atoms with Gasteiger partial charge in [-0.2, -0.15) is 5.26 Å². The molecule has 0 bridgehead atoms. The van der Waals surface area contributed by atoms with Gasteiger partial charge in [0.25, 0.3) is 5.91 Å². The van der Waals surface area contributed by atoms with E-state index >= 15 is 0 Å². The summed E-state index contributed by atoms with van der Waals surface area (Å²) in [6, 6.07) is 10.5. The SMILES string of the molecule is CN1CCC(N(C)/C=C(/C#N)C(=O)N2CCCc3ccccc32)CC1. The molecule has 0 atom stereocenters. The number of para-hydroxylation sites is 1. The van der Waals surface area contributed by atoms with E-state index in [1.165, 1.54) is 5.56 Å². The predicted octanol–water partition coefficient (Wildman–Crippen LogP) is 2.40. The van der Waals surface area contributed by atoms with Gasteiger partial charge in [-0.1, -0.05) is 18.2 Å². The van der Waals surface area contributed by atoms with E-state index < -0.39 is 0 Å². The van der Waals surface area contributed by atoms with Crippen molar-refractivity contribution in [1.29, 1.82) is 5.26 Å². The molecular formula is C20H26N4O. The van der Waals surface area contributed by atoms with Crippen LogP contribution in [0.4, 0.5) is 5.69 Å². The molecule has 0 radical (unpaired) electrons. The minimum atomic E-state index is -0.186. The molecular weight excluding hydrogens is 312 g/mol. The Morgan fingerprint density at radius 3 is 2.72 bits per heavy atom. The van der Waals surface area contributed by atoms with E-state index in [-0.39, 0.29) is 11.5 Å². The number of carbonyl (C=O) groups is 1. The van der Waals surface area contributed by atoms with E-state index in [9.17, 15) is 10.1 Å². The molecule has 5 nitrogen and oxygen atoms in total. The van der Waals surface area contributed by atoms with Crippen LogP contribution in [0.3, 0.4) is 0 Å². The monoisotopic (exact) mass is 338 g/mol. The number of fused-ring (bicyclic) bond motifs is 1. The number of aryl methyl sites for hydroxylation is 1. The molecule has 1 aromatic carbocycles. The van der Waals surface area contributed by atoms with Gasteiger partial charge in [-0.3, -0.25) is 4.79 Å². The van der Waals surface area contributed by atoms with Crippen molar-refractivity contribution >= 4 is 11.6 Å². The lowest BCUT2D eigenvalue weighted by Crippen LogP contribution is -2.41. The van der Waals surface area contributed by atoms with Gasteiger partial charge in [-0.05, 0) is 57.5 Å². The number of anilines is 1. The van der Waals surface area contributed by atoms with Crippen LogP contribution in [0.5, 0.6) is 0 Å². The molecule has 3 rings (SSSR count). The molecule has 25 heavy (non-hydrogen) atoms. The first-order valence-electron chi connectivity index (χ1n) is 9.02. The van der Waals surface area contributed by atoms with Gasteiger partial charge in [0, 0.05) is 31.5 Å². The van der Waals surface area contributed by atoms with Crippen LogP contribution < -0.4 is 4.90 Å². The molecule has 1 saturated heterocycles. The summed E-state index contributed by atoms with van der Waals surface area (Å²) in [7, 11) is 4.11. The Morgan fingerprint density at radius 2 is 2.00 bits per heavy atom. The Morgan fingerprint density at radius 1 is 1.28 bits per heavy atom. The first-order valence-corrected chi connectivity index (χ1v) is 9.02. The average molecular weight is 338 g/mol. The van der Waals surface area contributed by atoms with E-state index in [0.29, 0.717) is 12.6 Å². The van der Waals surface area contributed by atoms with Crippen LogP contribution in [0.25, 0.3) is 0 Å². The third-order valence-electron chi connectivity index (χ3n) is 5.30. The number of benzene rings is 1. The fourth-order valence-corrected chi connectivity index (χ4v) is 3.73. The lowest BCUT2D eigenvalue weighted by atomic mass is 10.0. The molecule has 0 saturated carbocycles. The summed E-state index contributed by atoms with van der Waals surface area (Å²) in [4.78, 5) is 19.1. The molecule has 2 heterocycles. The molecule has 132 valence electrons. The van der Waals surface area contributed by atoms with Gasteiger partial charge in [0.2, 0.25) is 0 Å². The highest BCUT2D eigenvalue weighted by Gasteiger charge is 2.26. The maximum atomic E-state index is 13.0. The summed E-state index contributed by atoms with van der Waals surface area (Å²) >= 11 is 0. The van der Waals surface area contributed by atoms with Crippen LogP contribution in [-0.2, 0) is 11.2 Å². The van der Waals surface area contributed by atoms with Crippen molar-refractivity contribution in [2.75, 3.05) is 38.6 Å². The fourth-order valence-electron chi connectivity index (χ4n) is 3.73. The molecule has 0 spiro atoms. The Bertz CT molecular complexity index is 698. The minimum absolute atomic E-state index is 0.186. The van der Waals surface area contributed by atoms with Gasteiger partial charge in [-0.15, -0.1) is 0 Å². The van der Waals surface area contributed by atoms with E-state index in [0.717, 1.165) is 44.5 Å². The molecule has 2 aliphatic rings. The highest BCUT2D eigenvalue weighted by molar-refractivity contribution is 6.08. The zero-order valence-electron chi connectivity index (χ0n) is 15.1. The van der Waals surface area contributed by atoms with Crippen molar-refractivity contribution in [3.63, 3.8) is 0 Å². The quantitative estimate of drug-likeness (QED) is 0.627. The number of hydrogen-bond acceptors (Lipinski definition) is 4. The van der Waals surface area contributed by atoms with Crippen LogP contribution in [0.2, 0.25) is 0 Å². The molecule has 0 aliphatic carbocycles. The van der Waals surface area contributed by atoms with Gasteiger partial charge in [-0.25, -0.2) is 0 Å². The number of nitriles is 1. The normalized spacial score (nSPS) is 19.2. The van der Waals surface area contributed by atoms with E-state index in [4.69, 9.17) is 0 Å². The number of hydrogen-bond donors (Lipinski definition) is 0. The Labute approximate surface area is 150 Å². The molecule has 1 fully saturated rings. The summed E-state index contributed by atoms with van der Waals surface area (Å²) in [5.74, 6) is -0.186. The summed E-state index contributed by atoms with van der Waals surface area (Å²) in [5.41, 5.74) is 2.35. The van der Waals surface area contributed by atoms with Gasteiger partial charge in [0.1, 0.15) is 11.6 Å². The first-order chi connectivity index (χ1) is 12.1. The second kappa shape index (κ2) is 7.71. The summed E-state index contributed by atoms with van der Waals surface area (Å²) in [5, 5.41) is 9.56. The summed E-state index contributed by atoms with van der Waals surface area (Å²) < 4.78 is 0. The fraction of sp³-hybridized carbons (Fsp3) is 0.500. The van der Waals surface area contributed by atoms with Gasteiger partial charge in [0.05, 0.1) is 0 Å². The van der Waals surface area contributed by atoms with Crippen LogP contribution in [0, 0.1) is 11.3 Å². The minimum Gasteiger partial charge on any atom is -0.376 e. The average Bonchev–Trinajstić information content (AvgIpc) is 2.65. The van der Waals surface area contributed by atoms with E-state index in [1.807, 2.05) is 25.2 Å². The molecule has 0 aromatic heterocycles. The van der Waals surface area contributed by atoms with E-state index in [2.05, 4.69) is 29.0 Å². The maximum Gasteiger partial charge on any atom is 0.270 e. The van der Waals surface area contributed by atoms with Crippen LogP contribution >= 0.6 is 0 Å². The number of piperidine rings is 1. The van der Waals surface area contributed by atoms with Crippen molar-refractivity contribution in [1.82, 2.24) is 9.80 Å². The molecule has 0 N–H and O–H groups in total. The molecule has 0 unspecified atom stereocenters. The zero-order valence-corrected chi connectivity index (χ0v) is 15.1. The molecule has 1 amide bonds. The predicted molar refractivity (Wildman–Crippen MR) is 99.1 cm³/mol.